The summed E-state index contributed by atoms with van der Waals surface area (Å²) >= 11 is 38.9. The zero-order valence-electron chi connectivity index (χ0n) is 10.7. The van der Waals surface area contributed by atoms with E-state index in [1.54, 1.807) is 0 Å². The molecule has 4 unspecified atom stereocenters. The third-order valence-corrected chi connectivity index (χ3v) is 8.39. The van der Waals surface area contributed by atoms with Crippen LogP contribution in [0, 0.1) is 11.8 Å². The van der Waals surface area contributed by atoms with Gasteiger partial charge in [0.2, 0.25) is 0 Å². The Kier molecular flexibility index (Phi) is 5.02. The smallest absolute Gasteiger partial charge is 0.167 e. The van der Waals surface area contributed by atoms with Crippen LogP contribution in [-0.4, -0.2) is 27.3 Å². The Morgan fingerprint density at radius 1 is 0.857 bits per heavy atom. The van der Waals surface area contributed by atoms with Crippen molar-refractivity contribution in [3.8, 4) is 0 Å². The fraction of sp³-hybridized carbons (Fsp3) is 0.538. The summed E-state index contributed by atoms with van der Waals surface area (Å²) in [7, 11) is 0. The Balaban J connectivity index is 2.54. The van der Waals surface area contributed by atoms with Crippen LogP contribution in [0.5, 0.6) is 0 Å². The van der Waals surface area contributed by atoms with E-state index in [1.165, 1.54) is 12.5 Å². The van der Waals surface area contributed by atoms with Gasteiger partial charge >= 0.3 is 0 Å². The summed E-state index contributed by atoms with van der Waals surface area (Å²) in [6, 6.07) is 0. The Labute approximate surface area is 153 Å². The van der Waals surface area contributed by atoms with Gasteiger partial charge in [-0.05, 0) is 0 Å². The monoisotopic (exact) mass is 410 g/mol. The predicted octanol–water partition coefficient (Wildman–Crippen LogP) is 5.38. The van der Waals surface area contributed by atoms with Crippen LogP contribution in [-0.2, 0) is 9.47 Å². The lowest BCUT2D eigenvalue weighted by atomic mass is 9.83. The molecule has 2 aliphatic carbocycles. The molecule has 0 aromatic carbocycles. The second-order valence-corrected chi connectivity index (χ2v) is 8.11. The lowest BCUT2D eigenvalue weighted by molar-refractivity contribution is 0.101. The van der Waals surface area contributed by atoms with E-state index in [4.69, 9.17) is 79.1 Å². The van der Waals surface area contributed by atoms with Crippen LogP contribution >= 0.6 is 69.6 Å². The van der Waals surface area contributed by atoms with Gasteiger partial charge in [0.25, 0.3) is 0 Å². The van der Waals surface area contributed by atoms with E-state index in [2.05, 4.69) is 13.2 Å². The summed E-state index contributed by atoms with van der Waals surface area (Å²) in [5, 5.41) is 0.275. The van der Waals surface area contributed by atoms with Gasteiger partial charge in [-0.3, -0.25) is 0 Å². The van der Waals surface area contributed by atoms with Gasteiger partial charge in [0.1, 0.15) is 9.75 Å². The highest BCUT2D eigenvalue weighted by Gasteiger charge is 2.82. The largest absolute Gasteiger partial charge is 0.501 e. The molecular formula is C13H12Cl6O2. The van der Waals surface area contributed by atoms with Crippen LogP contribution in [0.3, 0.4) is 0 Å². The lowest BCUT2D eigenvalue weighted by Gasteiger charge is -2.35. The molecule has 1 saturated carbocycles. The summed E-state index contributed by atoms with van der Waals surface area (Å²) in [6.07, 6.45) is 2.59. The highest BCUT2D eigenvalue weighted by atomic mass is 35.5. The van der Waals surface area contributed by atoms with E-state index in [1.807, 2.05) is 0 Å². The van der Waals surface area contributed by atoms with Crippen LogP contribution in [0.15, 0.2) is 35.7 Å². The molecule has 0 spiro atoms. The average Bonchev–Trinajstić information content (AvgIpc) is 2.63. The van der Waals surface area contributed by atoms with E-state index < -0.39 is 25.9 Å². The number of halogens is 6. The van der Waals surface area contributed by atoms with Crippen molar-refractivity contribution < 1.29 is 9.47 Å². The van der Waals surface area contributed by atoms with Gasteiger partial charge in [0.05, 0.1) is 35.8 Å². The highest BCUT2D eigenvalue weighted by molar-refractivity contribution is 6.65. The molecule has 0 saturated heterocycles. The minimum absolute atomic E-state index is 0.137. The quantitative estimate of drug-likeness (QED) is 0.430. The van der Waals surface area contributed by atoms with Crippen molar-refractivity contribution in [3.63, 3.8) is 0 Å². The third-order valence-electron chi connectivity index (χ3n) is 4.04. The Morgan fingerprint density at radius 3 is 1.48 bits per heavy atom. The van der Waals surface area contributed by atoms with Crippen molar-refractivity contribution in [3.05, 3.63) is 35.7 Å². The first kappa shape index (κ1) is 17.9. The molecule has 0 aromatic heterocycles. The SMILES string of the molecule is C=COCC1C(COC=C)C2(Cl)C(Cl)=C(Cl)C1(Cl)C2(Cl)Cl. The maximum Gasteiger partial charge on any atom is 0.167 e. The highest BCUT2D eigenvalue weighted by Crippen LogP contribution is 2.76. The molecule has 2 rings (SSSR count). The summed E-state index contributed by atoms with van der Waals surface area (Å²) in [5.74, 6) is -0.834. The normalized spacial score (nSPS) is 40.3. The van der Waals surface area contributed by atoms with Gasteiger partial charge in [-0.1, -0.05) is 59.6 Å². The summed E-state index contributed by atoms with van der Waals surface area (Å²) < 4.78 is 8.92. The third kappa shape index (κ3) is 2.07. The molecule has 2 nitrogen and oxygen atoms in total. The van der Waals surface area contributed by atoms with E-state index in [0.717, 1.165) is 0 Å². The molecule has 2 bridgehead atoms. The van der Waals surface area contributed by atoms with Crippen LogP contribution in [0.1, 0.15) is 0 Å². The summed E-state index contributed by atoms with van der Waals surface area (Å²) in [6.45, 7) is 7.35. The molecule has 1 fully saturated rings. The number of hydrogen-bond acceptors (Lipinski definition) is 2. The van der Waals surface area contributed by atoms with Gasteiger partial charge < -0.3 is 9.47 Å². The number of ether oxygens (including phenoxy) is 2. The van der Waals surface area contributed by atoms with Gasteiger partial charge in [-0.2, -0.15) is 0 Å². The standard InChI is InChI=1S/C13H12Cl6O2/c1-3-20-5-7-8(6-21-4-2)12(17)10(15)9(14)11(7,16)13(12,18)19/h3-4,7-8H,1-2,5-6H2. The molecule has 0 N–H and O–H groups in total. The molecule has 0 radical (unpaired) electrons. The van der Waals surface area contributed by atoms with Gasteiger partial charge in [-0.15, -0.1) is 23.2 Å². The fourth-order valence-electron chi connectivity index (χ4n) is 3.01. The van der Waals surface area contributed by atoms with Gasteiger partial charge in [0.15, 0.2) is 4.33 Å². The van der Waals surface area contributed by atoms with Crippen molar-refractivity contribution in [2.75, 3.05) is 13.2 Å². The number of alkyl halides is 4. The zero-order valence-corrected chi connectivity index (χ0v) is 15.3. The Hall–Kier alpha value is 0.560. The van der Waals surface area contributed by atoms with Crippen molar-refractivity contribution in [1.82, 2.24) is 0 Å². The molecular weight excluding hydrogens is 401 g/mol. The predicted molar refractivity (Wildman–Crippen MR) is 89.6 cm³/mol. The number of allylic oxidation sites excluding steroid dienone is 2. The number of rotatable bonds is 6. The summed E-state index contributed by atoms with van der Waals surface area (Å²) in [5.41, 5.74) is 0. The number of hydrogen-bond donors (Lipinski definition) is 0. The van der Waals surface area contributed by atoms with E-state index in [-0.39, 0.29) is 23.3 Å². The molecule has 0 heterocycles. The van der Waals surface area contributed by atoms with Crippen molar-refractivity contribution in [2.45, 2.75) is 14.1 Å². The van der Waals surface area contributed by atoms with Crippen molar-refractivity contribution in [1.29, 1.82) is 0 Å². The van der Waals surface area contributed by atoms with E-state index >= 15 is 0 Å². The van der Waals surface area contributed by atoms with Gasteiger partial charge in [0, 0.05) is 11.8 Å². The molecule has 118 valence electrons. The van der Waals surface area contributed by atoms with Gasteiger partial charge in [-0.25, -0.2) is 0 Å². The fourth-order valence-corrected chi connectivity index (χ4v) is 6.07. The maximum atomic E-state index is 6.68. The number of fused-ring (bicyclic) bond motifs is 2. The first-order valence-corrected chi connectivity index (χ1v) is 8.24. The van der Waals surface area contributed by atoms with E-state index in [0.29, 0.717) is 0 Å². The Bertz CT molecular complexity index is 463. The molecule has 0 aliphatic heterocycles. The van der Waals surface area contributed by atoms with Crippen LogP contribution in [0.4, 0.5) is 0 Å². The molecule has 2 aliphatic rings. The molecule has 0 aromatic rings. The lowest BCUT2D eigenvalue weighted by Crippen LogP contribution is -2.45. The van der Waals surface area contributed by atoms with Crippen molar-refractivity contribution >= 4 is 69.6 Å². The van der Waals surface area contributed by atoms with Crippen LogP contribution in [0.25, 0.3) is 0 Å². The zero-order chi connectivity index (χ0) is 16.1. The van der Waals surface area contributed by atoms with Crippen molar-refractivity contribution in [2.24, 2.45) is 11.8 Å². The molecule has 8 heteroatoms. The summed E-state index contributed by atoms with van der Waals surface area (Å²) in [4.78, 5) is -2.73. The minimum Gasteiger partial charge on any atom is -0.501 e. The second-order valence-electron chi connectivity index (χ2n) is 4.84. The molecule has 0 amide bonds. The first-order valence-electron chi connectivity index (χ1n) is 5.98. The molecule has 4 atom stereocenters. The second kappa shape index (κ2) is 5.89. The maximum absolute atomic E-state index is 6.68. The average molecular weight is 413 g/mol. The van der Waals surface area contributed by atoms with Crippen LogP contribution < -0.4 is 0 Å². The topological polar surface area (TPSA) is 18.5 Å². The minimum atomic E-state index is -1.61. The molecule has 21 heavy (non-hydrogen) atoms. The van der Waals surface area contributed by atoms with E-state index in [9.17, 15) is 0 Å². The van der Waals surface area contributed by atoms with Crippen LogP contribution in [0.2, 0.25) is 0 Å². The first-order chi connectivity index (χ1) is 9.71. The Morgan fingerprint density at radius 2 is 1.19 bits per heavy atom.